The first-order valence-electron chi connectivity index (χ1n) is 7.99. The fourth-order valence-electron chi connectivity index (χ4n) is 3.18. The van der Waals surface area contributed by atoms with Crippen LogP contribution in [-0.4, -0.2) is 18.9 Å². The summed E-state index contributed by atoms with van der Waals surface area (Å²) in [7, 11) is 0. The van der Waals surface area contributed by atoms with Gasteiger partial charge in [0.15, 0.2) is 0 Å². The lowest BCUT2D eigenvalue weighted by molar-refractivity contribution is -0.116. The van der Waals surface area contributed by atoms with Gasteiger partial charge < -0.3 is 16.0 Å². The zero-order valence-electron chi connectivity index (χ0n) is 13.8. The molecule has 24 heavy (non-hydrogen) atoms. The molecule has 1 heterocycles. The Morgan fingerprint density at radius 3 is 2.50 bits per heavy atom. The summed E-state index contributed by atoms with van der Waals surface area (Å²) in [4.78, 5) is 24.2. The summed E-state index contributed by atoms with van der Waals surface area (Å²) in [6.45, 7) is 4.30. The Kier molecular flexibility index (Phi) is 4.36. The molecule has 0 fully saturated rings. The summed E-state index contributed by atoms with van der Waals surface area (Å²) in [6.07, 6.45) is 0.657. The van der Waals surface area contributed by atoms with Crippen molar-refractivity contribution >= 4 is 23.7 Å². The van der Waals surface area contributed by atoms with E-state index in [1.165, 1.54) is 0 Å². The van der Waals surface area contributed by atoms with Crippen molar-refractivity contribution in [2.75, 3.05) is 16.8 Å². The minimum absolute atomic E-state index is 0.0343. The molecule has 3 rings (SSSR count). The van der Waals surface area contributed by atoms with Gasteiger partial charge in [-0.25, -0.2) is 0 Å². The fourth-order valence-corrected chi connectivity index (χ4v) is 3.18. The standard InChI is InChI=1S/C19H21N3O2/c1-12-10-22(13(2)24)18-8-5-15(9-17(18)19(12)20)14-3-6-16(7-4-14)21-11-23/h3-9,11-12,19H,10,20H2,1-2H3,(H,21,23)/t12-,19?/m1/s1. The molecule has 2 atom stereocenters. The number of nitrogens with one attached hydrogen (secondary N) is 1. The van der Waals surface area contributed by atoms with Crippen LogP contribution in [0.3, 0.4) is 0 Å². The van der Waals surface area contributed by atoms with Crippen LogP contribution in [0.25, 0.3) is 11.1 Å². The molecule has 0 saturated carbocycles. The Balaban J connectivity index is 2.00. The second kappa shape index (κ2) is 6.45. The highest BCUT2D eigenvalue weighted by molar-refractivity contribution is 5.93. The molecule has 3 N–H and O–H groups in total. The maximum Gasteiger partial charge on any atom is 0.223 e. The highest BCUT2D eigenvalue weighted by atomic mass is 16.2. The number of nitrogens with two attached hydrogens (primary N) is 1. The smallest absolute Gasteiger partial charge is 0.223 e. The number of carbonyl (C=O) groups excluding carboxylic acids is 2. The average molecular weight is 323 g/mol. The van der Waals surface area contributed by atoms with Gasteiger partial charge in [-0.05, 0) is 46.9 Å². The predicted octanol–water partition coefficient (Wildman–Crippen LogP) is 2.92. The third-order valence-electron chi connectivity index (χ3n) is 4.58. The summed E-state index contributed by atoms with van der Waals surface area (Å²) >= 11 is 0. The van der Waals surface area contributed by atoms with Crippen molar-refractivity contribution in [3.05, 3.63) is 48.0 Å². The van der Waals surface area contributed by atoms with Gasteiger partial charge in [0, 0.05) is 30.9 Å². The Hall–Kier alpha value is -2.66. The van der Waals surface area contributed by atoms with Crippen LogP contribution in [0.15, 0.2) is 42.5 Å². The van der Waals surface area contributed by atoms with E-state index in [1.807, 2.05) is 36.4 Å². The van der Waals surface area contributed by atoms with E-state index in [-0.39, 0.29) is 17.9 Å². The fraction of sp³-hybridized carbons (Fsp3) is 0.263. The van der Waals surface area contributed by atoms with Crippen LogP contribution >= 0.6 is 0 Å². The lowest BCUT2D eigenvalue weighted by Gasteiger charge is -2.37. The van der Waals surface area contributed by atoms with E-state index in [9.17, 15) is 9.59 Å². The third kappa shape index (κ3) is 2.90. The van der Waals surface area contributed by atoms with E-state index in [0.29, 0.717) is 13.0 Å². The Morgan fingerprint density at radius 2 is 1.88 bits per heavy atom. The van der Waals surface area contributed by atoms with E-state index in [2.05, 4.69) is 18.3 Å². The first-order chi connectivity index (χ1) is 11.5. The zero-order chi connectivity index (χ0) is 17.3. The number of hydrogen-bond acceptors (Lipinski definition) is 3. The van der Waals surface area contributed by atoms with Gasteiger partial charge in [-0.1, -0.05) is 25.1 Å². The van der Waals surface area contributed by atoms with Gasteiger partial charge in [0.25, 0.3) is 0 Å². The predicted molar refractivity (Wildman–Crippen MR) is 95.7 cm³/mol. The number of anilines is 2. The zero-order valence-corrected chi connectivity index (χ0v) is 13.8. The van der Waals surface area contributed by atoms with Crippen LogP contribution in [0.1, 0.15) is 25.5 Å². The van der Waals surface area contributed by atoms with E-state index in [0.717, 1.165) is 28.1 Å². The van der Waals surface area contributed by atoms with Crippen LogP contribution in [-0.2, 0) is 9.59 Å². The molecular weight excluding hydrogens is 302 g/mol. The normalized spacial score (nSPS) is 19.5. The summed E-state index contributed by atoms with van der Waals surface area (Å²) < 4.78 is 0. The number of nitrogens with zero attached hydrogens (tertiary/aromatic N) is 1. The van der Waals surface area contributed by atoms with Gasteiger partial charge in [-0.3, -0.25) is 9.59 Å². The molecular formula is C19H21N3O2. The molecule has 124 valence electrons. The lowest BCUT2D eigenvalue weighted by Crippen LogP contribution is -2.42. The Morgan fingerprint density at radius 1 is 1.21 bits per heavy atom. The summed E-state index contributed by atoms with van der Waals surface area (Å²) in [5.74, 6) is 0.239. The molecule has 0 radical (unpaired) electrons. The van der Waals surface area contributed by atoms with Gasteiger partial charge in [0.05, 0.1) is 0 Å². The first-order valence-corrected chi connectivity index (χ1v) is 7.99. The Bertz CT molecular complexity index is 771. The van der Waals surface area contributed by atoms with E-state index >= 15 is 0 Å². The highest BCUT2D eigenvalue weighted by Crippen LogP contribution is 2.38. The maximum atomic E-state index is 11.9. The number of fused-ring (bicyclic) bond motifs is 1. The molecule has 2 amide bonds. The monoisotopic (exact) mass is 323 g/mol. The van der Waals surface area contributed by atoms with Crippen LogP contribution in [0, 0.1) is 5.92 Å². The second-order valence-electron chi connectivity index (χ2n) is 6.25. The molecule has 5 heteroatoms. The minimum Gasteiger partial charge on any atom is -0.329 e. The van der Waals surface area contributed by atoms with Crippen molar-refractivity contribution in [1.29, 1.82) is 0 Å². The number of amides is 2. The molecule has 0 saturated heterocycles. The van der Waals surface area contributed by atoms with Crippen LogP contribution in [0.4, 0.5) is 11.4 Å². The largest absolute Gasteiger partial charge is 0.329 e. The molecule has 0 spiro atoms. The van der Waals surface area contributed by atoms with E-state index in [1.54, 1.807) is 11.8 Å². The molecule has 0 aromatic heterocycles. The number of benzene rings is 2. The van der Waals surface area contributed by atoms with Crippen molar-refractivity contribution in [2.45, 2.75) is 19.9 Å². The number of carbonyl (C=O) groups is 2. The van der Waals surface area contributed by atoms with Gasteiger partial charge in [0.2, 0.25) is 12.3 Å². The van der Waals surface area contributed by atoms with Crippen molar-refractivity contribution in [3.8, 4) is 11.1 Å². The summed E-state index contributed by atoms with van der Waals surface area (Å²) in [6, 6.07) is 13.6. The van der Waals surface area contributed by atoms with Gasteiger partial charge in [-0.2, -0.15) is 0 Å². The third-order valence-corrected chi connectivity index (χ3v) is 4.58. The minimum atomic E-state index is -0.0912. The SMILES string of the molecule is CC(=O)N1C[C@@H](C)C(N)c2cc(-c3ccc(NC=O)cc3)ccc21. The maximum absolute atomic E-state index is 11.9. The van der Waals surface area contributed by atoms with Crippen LogP contribution in [0.5, 0.6) is 0 Å². The van der Waals surface area contributed by atoms with Gasteiger partial charge in [-0.15, -0.1) is 0 Å². The Labute approximate surface area is 141 Å². The molecule has 0 aliphatic carbocycles. The molecule has 2 aromatic rings. The van der Waals surface area contributed by atoms with Crippen LogP contribution in [0.2, 0.25) is 0 Å². The number of hydrogen-bond donors (Lipinski definition) is 2. The average Bonchev–Trinajstić information content (AvgIpc) is 2.58. The topological polar surface area (TPSA) is 75.4 Å². The lowest BCUT2D eigenvalue weighted by atomic mass is 9.87. The van der Waals surface area contributed by atoms with Gasteiger partial charge in [0.1, 0.15) is 0 Å². The molecule has 0 bridgehead atoms. The van der Waals surface area contributed by atoms with Gasteiger partial charge >= 0.3 is 0 Å². The van der Waals surface area contributed by atoms with E-state index < -0.39 is 0 Å². The molecule has 5 nitrogen and oxygen atoms in total. The quantitative estimate of drug-likeness (QED) is 0.853. The van der Waals surface area contributed by atoms with Crippen molar-refractivity contribution in [1.82, 2.24) is 0 Å². The van der Waals surface area contributed by atoms with Crippen molar-refractivity contribution in [2.24, 2.45) is 11.7 Å². The van der Waals surface area contributed by atoms with Crippen molar-refractivity contribution < 1.29 is 9.59 Å². The molecule has 1 unspecified atom stereocenters. The molecule has 2 aromatic carbocycles. The van der Waals surface area contributed by atoms with E-state index in [4.69, 9.17) is 5.73 Å². The van der Waals surface area contributed by atoms with Crippen molar-refractivity contribution in [3.63, 3.8) is 0 Å². The first kappa shape index (κ1) is 16.2. The molecule has 1 aliphatic heterocycles. The second-order valence-corrected chi connectivity index (χ2v) is 6.25. The summed E-state index contributed by atoms with van der Waals surface area (Å²) in [5.41, 5.74) is 11.1. The molecule has 1 aliphatic rings. The van der Waals surface area contributed by atoms with Crippen LogP contribution < -0.4 is 16.0 Å². The summed E-state index contributed by atoms with van der Waals surface area (Å²) in [5, 5.41) is 2.62. The number of rotatable bonds is 3. The highest BCUT2D eigenvalue weighted by Gasteiger charge is 2.30.